The Labute approximate surface area is 176 Å². The van der Waals surface area contributed by atoms with Crippen molar-refractivity contribution in [2.24, 2.45) is 0 Å². The molecule has 0 aliphatic carbocycles. The van der Waals surface area contributed by atoms with Crippen molar-refractivity contribution in [1.29, 1.82) is 0 Å². The average molecular weight is 430 g/mol. The number of nitrogens with zero attached hydrogens (tertiary/aromatic N) is 3. The van der Waals surface area contributed by atoms with Crippen molar-refractivity contribution in [1.82, 2.24) is 14.7 Å². The lowest BCUT2D eigenvalue weighted by Crippen LogP contribution is -2.32. The van der Waals surface area contributed by atoms with Gasteiger partial charge in [0.15, 0.2) is 9.84 Å². The quantitative estimate of drug-likeness (QED) is 0.596. The van der Waals surface area contributed by atoms with E-state index in [4.69, 9.17) is 16.7 Å². The summed E-state index contributed by atoms with van der Waals surface area (Å²) in [4.78, 5) is 2.13. The highest BCUT2D eigenvalue weighted by Crippen LogP contribution is 2.26. The van der Waals surface area contributed by atoms with E-state index in [0.29, 0.717) is 19.5 Å². The number of aromatic nitrogens is 2. The Hall–Kier alpha value is -2.15. The third-order valence-electron chi connectivity index (χ3n) is 5.43. The van der Waals surface area contributed by atoms with Crippen LogP contribution in [0, 0.1) is 0 Å². The second-order valence-electron chi connectivity index (χ2n) is 7.63. The number of halogens is 1. The lowest BCUT2D eigenvalue weighted by atomic mass is 10.1. The Morgan fingerprint density at radius 2 is 1.83 bits per heavy atom. The van der Waals surface area contributed by atoms with Gasteiger partial charge < -0.3 is 0 Å². The number of benzene rings is 2. The van der Waals surface area contributed by atoms with Crippen LogP contribution in [0.2, 0.25) is 5.02 Å². The van der Waals surface area contributed by atoms with Crippen molar-refractivity contribution >= 4 is 21.4 Å². The predicted molar refractivity (Wildman–Crippen MR) is 117 cm³/mol. The average Bonchev–Trinajstić information content (AvgIpc) is 3.27. The molecule has 7 heteroatoms. The summed E-state index contributed by atoms with van der Waals surface area (Å²) in [5, 5.41) is 5.56. The SMILES string of the molecule is CN(Cc1cn(Cc2ccccc2Cl)nc1-c1ccccc1)C1CCS(=O)(=O)C1. The molecule has 1 aliphatic heterocycles. The van der Waals surface area contributed by atoms with Crippen LogP contribution in [0.3, 0.4) is 0 Å². The second-order valence-corrected chi connectivity index (χ2v) is 10.3. The maximum absolute atomic E-state index is 11.9. The number of sulfone groups is 1. The smallest absolute Gasteiger partial charge is 0.151 e. The summed E-state index contributed by atoms with van der Waals surface area (Å²) >= 11 is 6.33. The molecule has 0 N–H and O–H groups in total. The molecular weight excluding hydrogens is 406 g/mol. The fourth-order valence-electron chi connectivity index (χ4n) is 3.82. The van der Waals surface area contributed by atoms with E-state index in [1.165, 1.54) is 0 Å². The van der Waals surface area contributed by atoms with E-state index in [-0.39, 0.29) is 17.5 Å². The second kappa shape index (κ2) is 8.30. The zero-order chi connectivity index (χ0) is 20.4. The van der Waals surface area contributed by atoms with Crippen LogP contribution < -0.4 is 0 Å². The third-order valence-corrected chi connectivity index (χ3v) is 7.55. The van der Waals surface area contributed by atoms with E-state index < -0.39 is 9.84 Å². The summed E-state index contributed by atoms with van der Waals surface area (Å²) in [5.74, 6) is 0.511. The van der Waals surface area contributed by atoms with Crippen LogP contribution in [0.25, 0.3) is 11.3 Å². The van der Waals surface area contributed by atoms with Crippen molar-refractivity contribution in [3.8, 4) is 11.3 Å². The van der Waals surface area contributed by atoms with E-state index in [1.807, 2.05) is 72.5 Å². The van der Waals surface area contributed by atoms with Gasteiger partial charge in [0.1, 0.15) is 0 Å². The number of hydrogen-bond donors (Lipinski definition) is 0. The van der Waals surface area contributed by atoms with Crippen LogP contribution in [0.4, 0.5) is 0 Å². The first kappa shape index (κ1) is 20.1. The summed E-state index contributed by atoms with van der Waals surface area (Å²) in [7, 11) is -0.921. The Morgan fingerprint density at radius 3 is 2.52 bits per heavy atom. The normalized spacial score (nSPS) is 18.4. The van der Waals surface area contributed by atoms with Crippen molar-refractivity contribution in [3.63, 3.8) is 0 Å². The molecule has 3 aromatic rings. The molecule has 1 fully saturated rings. The third kappa shape index (κ3) is 4.71. The summed E-state index contributed by atoms with van der Waals surface area (Å²) in [6.07, 6.45) is 2.73. The maximum Gasteiger partial charge on any atom is 0.151 e. The Morgan fingerprint density at radius 1 is 1.10 bits per heavy atom. The highest BCUT2D eigenvalue weighted by Gasteiger charge is 2.31. The Kier molecular flexibility index (Phi) is 5.76. The molecule has 0 radical (unpaired) electrons. The van der Waals surface area contributed by atoms with E-state index >= 15 is 0 Å². The van der Waals surface area contributed by atoms with Crippen LogP contribution in [0.5, 0.6) is 0 Å². The standard InChI is InChI=1S/C22H24ClN3O2S/c1-25(20-11-12-29(27,28)16-20)13-19-15-26(14-18-9-5-6-10-21(18)23)24-22(19)17-7-3-2-4-8-17/h2-10,15,20H,11-14,16H2,1H3. The topological polar surface area (TPSA) is 55.2 Å². The molecule has 1 aromatic heterocycles. The van der Waals surface area contributed by atoms with Gasteiger partial charge in [-0.05, 0) is 25.1 Å². The van der Waals surface area contributed by atoms with Gasteiger partial charge in [-0.3, -0.25) is 9.58 Å². The first-order valence-electron chi connectivity index (χ1n) is 9.67. The van der Waals surface area contributed by atoms with Crippen molar-refractivity contribution in [3.05, 3.63) is 76.9 Å². The highest BCUT2D eigenvalue weighted by molar-refractivity contribution is 7.91. The first-order valence-corrected chi connectivity index (χ1v) is 11.9. The van der Waals surface area contributed by atoms with E-state index in [9.17, 15) is 8.42 Å². The zero-order valence-electron chi connectivity index (χ0n) is 16.3. The summed E-state index contributed by atoms with van der Waals surface area (Å²) < 4.78 is 25.7. The van der Waals surface area contributed by atoms with E-state index in [1.54, 1.807) is 0 Å². The van der Waals surface area contributed by atoms with Crippen LogP contribution in [0.1, 0.15) is 17.5 Å². The van der Waals surface area contributed by atoms with E-state index in [2.05, 4.69) is 4.90 Å². The largest absolute Gasteiger partial charge is 0.298 e. The monoisotopic (exact) mass is 429 g/mol. The van der Waals surface area contributed by atoms with Crippen molar-refractivity contribution < 1.29 is 8.42 Å². The molecule has 152 valence electrons. The minimum atomic E-state index is -2.91. The lowest BCUT2D eigenvalue weighted by Gasteiger charge is -2.22. The van der Waals surface area contributed by atoms with Gasteiger partial charge in [0.25, 0.3) is 0 Å². The van der Waals surface area contributed by atoms with Crippen LogP contribution in [-0.2, 0) is 22.9 Å². The van der Waals surface area contributed by atoms with Crippen LogP contribution in [-0.4, -0.2) is 47.7 Å². The molecule has 0 amide bonds. The van der Waals surface area contributed by atoms with Crippen LogP contribution in [0.15, 0.2) is 60.8 Å². The van der Waals surface area contributed by atoms with Gasteiger partial charge in [0, 0.05) is 34.9 Å². The molecule has 0 saturated carbocycles. The zero-order valence-corrected chi connectivity index (χ0v) is 17.9. The minimum absolute atomic E-state index is 0.0514. The molecule has 29 heavy (non-hydrogen) atoms. The molecular formula is C22H24ClN3O2S. The molecule has 1 atom stereocenters. The molecule has 0 spiro atoms. The van der Waals surface area contributed by atoms with E-state index in [0.717, 1.165) is 27.4 Å². The molecule has 1 unspecified atom stereocenters. The molecule has 5 nitrogen and oxygen atoms in total. The van der Waals surface area contributed by atoms with Gasteiger partial charge in [-0.15, -0.1) is 0 Å². The Balaban J connectivity index is 1.63. The van der Waals surface area contributed by atoms with Gasteiger partial charge in [-0.1, -0.05) is 60.1 Å². The lowest BCUT2D eigenvalue weighted by molar-refractivity contribution is 0.254. The molecule has 1 saturated heterocycles. The number of hydrogen-bond acceptors (Lipinski definition) is 4. The molecule has 1 aliphatic rings. The summed E-state index contributed by atoms with van der Waals surface area (Å²) in [6, 6.07) is 17.9. The Bertz CT molecular complexity index is 1100. The first-order chi connectivity index (χ1) is 13.9. The van der Waals surface area contributed by atoms with Crippen molar-refractivity contribution in [2.75, 3.05) is 18.6 Å². The molecule has 4 rings (SSSR count). The van der Waals surface area contributed by atoms with Crippen molar-refractivity contribution in [2.45, 2.75) is 25.6 Å². The van der Waals surface area contributed by atoms with Gasteiger partial charge in [-0.2, -0.15) is 5.10 Å². The number of rotatable bonds is 6. The molecule has 2 heterocycles. The minimum Gasteiger partial charge on any atom is -0.298 e. The highest BCUT2D eigenvalue weighted by atomic mass is 35.5. The summed E-state index contributed by atoms with van der Waals surface area (Å²) in [6.45, 7) is 1.23. The summed E-state index contributed by atoms with van der Waals surface area (Å²) in [5.41, 5.74) is 4.06. The maximum atomic E-state index is 11.9. The van der Waals surface area contributed by atoms with Gasteiger partial charge in [0.2, 0.25) is 0 Å². The molecule has 2 aromatic carbocycles. The van der Waals surface area contributed by atoms with Gasteiger partial charge in [-0.25, -0.2) is 8.42 Å². The van der Waals surface area contributed by atoms with Crippen LogP contribution >= 0.6 is 11.6 Å². The molecule has 0 bridgehead atoms. The predicted octanol–water partition coefficient (Wildman–Crippen LogP) is 3.87. The fourth-order valence-corrected chi connectivity index (χ4v) is 5.82. The van der Waals surface area contributed by atoms with Gasteiger partial charge in [0.05, 0.1) is 23.7 Å². The van der Waals surface area contributed by atoms with Gasteiger partial charge >= 0.3 is 0 Å². The fraction of sp³-hybridized carbons (Fsp3) is 0.318.